The molecule has 1 rings (SSSR count). The Bertz CT molecular complexity index is 364. The summed E-state index contributed by atoms with van der Waals surface area (Å²) in [5.74, 6) is -2.01. The third kappa shape index (κ3) is 1.97. The molecular formula is C10H11F2NO2. The van der Waals surface area contributed by atoms with Crippen molar-refractivity contribution < 1.29 is 18.7 Å². The van der Waals surface area contributed by atoms with Gasteiger partial charge in [0.2, 0.25) is 0 Å². The zero-order chi connectivity index (χ0) is 11.6. The number of carbonyl (C=O) groups is 1. The predicted molar refractivity (Wildman–Crippen MR) is 50.5 cm³/mol. The highest BCUT2D eigenvalue weighted by molar-refractivity contribution is 5.81. The third-order valence-corrected chi connectivity index (χ3v) is 2.30. The average molecular weight is 215 g/mol. The molecule has 0 saturated carbocycles. The standard InChI is InChI=1S/C10H11F2NO2/c1-6(11)10(13,9(14)15)7-2-4-8(12)5-3-7/h2-6H,13H2,1H3,(H,14,15). The maximum absolute atomic E-state index is 13.2. The number of alkyl halides is 1. The molecule has 15 heavy (non-hydrogen) atoms. The van der Waals surface area contributed by atoms with Crippen LogP contribution in [0.5, 0.6) is 0 Å². The molecule has 3 N–H and O–H groups in total. The summed E-state index contributed by atoms with van der Waals surface area (Å²) in [6.07, 6.45) is -1.78. The summed E-state index contributed by atoms with van der Waals surface area (Å²) in [5, 5.41) is 8.87. The van der Waals surface area contributed by atoms with E-state index < -0.39 is 23.5 Å². The molecule has 1 aromatic rings. The summed E-state index contributed by atoms with van der Waals surface area (Å²) < 4.78 is 25.8. The smallest absolute Gasteiger partial charge is 0.331 e. The van der Waals surface area contributed by atoms with E-state index in [0.717, 1.165) is 19.1 Å². The van der Waals surface area contributed by atoms with Crippen LogP contribution in [-0.4, -0.2) is 17.2 Å². The molecule has 82 valence electrons. The van der Waals surface area contributed by atoms with Gasteiger partial charge in [0, 0.05) is 0 Å². The van der Waals surface area contributed by atoms with E-state index in [9.17, 15) is 13.6 Å². The molecule has 0 amide bonds. The van der Waals surface area contributed by atoms with E-state index in [-0.39, 0.29) is 5.56 Å². The van der Waals surface area contributed by atoms with E-state index in [1.807, 2.05) is 0 Å². The zero-order valence-electron chi connectivity index (χ0n) is 8.08. The fourth-order valence-electron chi connectivity index (χ4n) is 1.25. The molecule has 2 atom stereocenters. The fourth-order valence-corrected chi connectivity index (χ4v) is 1.25. The van der Waals surface area contributed by atoms with E-state index in [1.54, 1.807) is 0 Å². The molecule has 0 saturated heterocycles. The second kappa shape index (κ2) is 3.94. The molecule has 0 spiro atoms. The van der Waals surface area contributed by atoms with Crippen LogP contribution in [-0.2, 0) is 10.3 Å². The Morgan fingerprint density at radius 2 is 1.93 bits per heavy atom. The molecule has 0 aromatic heterocycles. The van der Waals surface area contributed by atoms with Crippen molar-refractivity contribution in [1.82, 2.24) is 0 Å². The van der Waals surface area contributed by atoms with Gasteiger partial charge in [-0.25, -0.2) is 13.6 Å². The van der Waals surface area contributed by atoms with Crippen LogP contribution in [0.25, 0.3) is 0 Å². The van der Waals surface area contributed by atoms with Crippen molar-refractivity contribution in [2.24, 2.45) is 5.73 Å². The van der Waals surface area contributed by atoms with Crippen LogP contribution in [0.1, 0.15) is 12.5 Å². The lowest BCUT2D eigenvalue weighted by Crippen LogP contribution is -2.51. The maximum atomic E-state index is 13.2. The topological polar surface area (TPSA) is 63.3 Å². The number of benzene rings is 1. The molecule has 0 aliphatic rings. The quantitative estimate of drug-likeness (QED) is 0.801. The van der Waals surface area contributed by atoms with Crippen molar-refractivity contribution >= 4 is 5.97 Å². The number of carboxylic acids is 1. The van der Waals surface area contributed by atoms with Crippen LogP contribution in [0.3, 0.4) is 0 Å². The molecule has 0 aliphatic carbocycles. The van der Waals surface area contributed by atoms with Crippen LogP contribution in [0.4, 0.5) is 8.78 Å². The fraction of sp³-hybridized carbons (Fsp3) is 0.300. The largest absolute Gasteiger partial charge is 0.480 e. The molecule has 1 aromatic carbocycles. The van der Waals surface area contributed by atoms with Gasteiger partial charge in [0.05, 0.1) is 0 Å². The predicted octanol–water partition coefficient (Wildman–Crippen LogP) is 1.42. The molecule has 3 nitrogen and oxygen atoms in total. The zero-order valence-corrected chi connectivity index (χ0v) is 8.08. The average Bonchev–Trinajstić information content (AvgIpc) is 2.17. The second-order valence-corrected chi connectivity index (χ2v) is 3.30. The highest BCUT2D eigenvalue weighted by Crippen LogP contribution is 2.25. The van der Waals surface area contributed by atoms with Gasteiger partial charge in [-0.05, 0) is 24.6 Å². The van der Waals surface area contributed by atoms with Gasteiger partial charge in [-0.3, -0.25) is 0 Å². The SMILES string of the molecule is CC(F)C(N)(C(=O)O)c1ccc(F)cc1. The van der Waals surface area contributed by atoms with E-state index in [0.29, 0.717) is 0 Å². The molecule has 5 heteroatoms. The number of aliphatic carboxylic acids is 1. The highest BCUT2D eigenvalue weighted by Gasteiger charge is 2.42. The first-order valence-electron chi connectivity index (χ1n) is 4.31. The minimum Gasteiger partial charge on any atom is -0.480 e. The highest BCUT2D eigenvalue weighted by atomic mass is 19.1. The summed E-state index contributed by atoms with van der Waals surface area (Å²) in [4.78, 5) is 10.9. The number of hydrogen-bond acceptors (Lipinski definition) is 2. The van der Waals surface area contributed by atoms with Gasteiger partial charge < -0.3 is 10.8 Å². The van der Waals surface area contributed by atoms with Crippen molar-refractivity contribution in [1.29, 1.82) is 0 Å². The maximum Gasteiger partial charge on any atom is 0.331 e. The van der Waals surface area contributed by atoms with Gasteiger partial charge in [0.1, 0.15) is 12.0 Å². The van der Waals surface area contributed by atoms with Crippen LogP contribution < -0.4 is 5.73 Å². The Labute approximate surface area is 85.5 Å². The van der Waals surface area contributed by atoms with Crippen LogP contribution in [0.2, 0.25) is 0 Å². The lowest BCUT2D eigenvalue weighted by atomic mass is 9.87. The molecule has 0 aliphatic heterocycles. The molecule has 0 fully saturated rings. The van der Waals surface area contributed by atoms with Crippen molar-refractivity contribution in [2.45, 2.75) is 18.6 Å². The molecule has 0 heterocycles. The van der Waals surface area contributed by atoms with Gasteiger partial charge in [0.15, 0.2) is 5.54 Å². The summed E-state index contributed by atoms with van der Waals surface area (Å²) in [7, 11) is 0. The Morgan fingerprint density at radius 1 is 1.47 bits per heavy atom. The monoisotopic (exact) mass is 215 g/mol. The molecule has 0 bridgehead atoms. The number of rotatable bonds is 3. The first kappa shape index (κ1) is 11.6. The number of halogens is 2. The lowest BCUT2D eigenvalue weighted by molar-refractivity contribution is -0.146. The van der Waals surface area contributed by atoms with Crippen molar-refractivity contribution in [2.75, 3.05) is 0 Å². The first-order chi connectivity index (χ1) is 6.89. The Hall–Kier alpha value is -1.49. The van der Waals surface area contributed by atoms with Gasteiger partial charge in [-0.2, -0.15) is 0 Å². The van der Waals surface area contributed by atoms with Gasteiger partial charge in [0.25, 0.3) is 0 Å². The second-order valence-electron chi connectivity index (χ2n) is 3.30. The normalized spacial score (nSPS) is 16.8. The summed E-state index contributed by atoms with van der Waals surface area (Å²) in [6, 6.07) is 4.42. The summed E-state index contributed by atoms with van der Waals surface area (Å²) in [5.41, 5.74) is 3.36. The van der Waals surface area contributed by atoms with E-state index >= 15 is 0 Å². The van der Waals surface area contributed by atoms with Gasteiger partial charge in [-0.1, -0.05) is 12.1 Å². The minimum atomic E-state index is -2.13. The minimum absolute atomic E-state index is 0.0337. The third-order valence-electron chi connectivity index (χ3n) is 2.30. The summed E-state index contributed by atoms with van der Waals surface area (Å²) >= 11 is 0. The van der Waals surface area contributed by atoms with E-state index in [2.05, 4.69) is 0 Å². The van der Waals surface area contributed by atoms with Gasteiger partial charge in [-0.15, -0.1) is 0 Å². The van der Waals surface area contributed by atoms with Crippen molar-refractivity contribution in [3.63, 3.8) is 0 Å². The van der Waals surface area contributed by atoms with E-state index in [4.69, 9.17) is 10.8 Å². The Morgan fingerprint density at radius 3 is 2.27 bits per heavy atom. The summed E-state index contributed by atoms with van der Waals surface area (Å²) in [6.45, 7) is 1.05. The molecule has 2 unspecified atom stereocenters. The number of carboxylic acid groups (broad SMARTS) is 1. The van der Waals surface area contributed by atoms with Crippen molar-refractivity contribution in [3.8, 4) is 0 Å². The van der Waals surface area contributed by atoms with Crippen molar-refractivity contribution in [3.05, 3.63) is 35.6 Å². The van der Waals surface area contributed by atoms with E-state index in [1.165, 1.54) is 12.1 Å². The van der Waals surface area contributed by atoms with Crippen LogP contribution in [0, 0.1) is 5.82 Å². The first-order valence-corrected chi connectivity index (χ1v) is 4.31. The molecular weight excluding hydrogens is 204 g/mol. The Kier molecular flexibility index (Phi) is 3.04. The Balaban J connectivity index is 3.22. The lowest BCUT2D eigenvalue weighted by Gasteiger charge is -2.26. The van der Waals surface area contributed by atoms with Gasteiger partial charge >= 0.3 is 5.97 Å². The molecule has 0 radical (unpaired) electrons. The number of hydrogen-bond donors (Lipinski definition) is 2. The number of nitrogens with two attached hydrogens (primary N) is 1. The van der Waals surface area contributed by atoms with Crippen LogP contribution in [0.15, 0.2) is 24.3 Å². The van der Waals surface area contributed by atoms with Crippen LogP contribution >= 0.6 is 0 Å².